The van der Waals surface area contributed by atoms with Crippen molar-refractivity contribution < 1.29 is 24.2 Å². The van der Waals surface area contributed by atoms with Gasteiger partial charge in [-0.15, -0.1) is 0 Å². The van der Waals surface area contributed by atoms with Gasteiger partial charge in [0.15, 0.2) is 6.04 Å². The number of esters is 1. The van der Waals surface area contributed by atoms with Crippen molar-refractivity contribution in [3.05, 3.63) is 48.0 Å². The molecule has 100 valence electrons. The summed E-state index contributed by atoms with van der Waals surface area (Å²) in [6.07, 6.45) is 1.52. The molecular weight excluding hydrogens is 250 g/mol. The summed E-state index contributed by atoms with van der Waals surface area (Å²) in [5, 5.41) is 10.8. The number of carbonyl (C=O) groups excluding carboxylic acids is 2. The normalized spacial score (nSPS) is 11.8. The minimum Gasteiger partial charge on any atom is -0.478 e. The molecule has 1 aromatic rings. The van der Waals surface area contributed by atoms with E-state index < -0.39 is 23.9 Å². The Morgan fingerprint density at radius 3 is 2.37 bits per heavy atom. The van der Waals surface area contributed by atoms with Crippen molar-refractivity contribution in [2.75, 3.05) is 7.11 Å². The quantitative estimate of drug-likeness (QED) is 0.601. The third kappa shape index (κ3) is 4.63. The zero-order chi connectivity index (χ0) is 14.3. The minimum atomic E-state index is -1.25. The van der Waals surface area contributed by atoms with E-state index in [9.17, 15) is 14.4 Å². The number of aliphatic carboxylic acids is 1. The fraction of sp³-hybridized carbons (Fsp3) is 0.154. The standard InChI is InChI=1S/C13H13NO5/c1-19-13(18)12(9-5-3-2-4-6-9)14-10(15)7-8-11(16)17/h2-8,12H,1H3,(H,14,15)(H,16,17)/b8-7+. The summed E-state index contributed by atoms with van der Waals surface area (Å²) in [4.78, 5) is 33.4. The number of hydrogen-bond donors (Lipinski definition) is 2. The lowest BCUT2D eigenvalue weighted by Crippen LogP contribution is -2.33. The fourth-order valence-corrected chi connectivity index (χ4v) is 1.38. The highest BCUT2D eigenvalue weighted by atomic mass is 16.5. The minimum absolute atomic E-state index is 0.548. The Morgan fingerprint density at radius 1 is 1.21 bits per heavy atom. The van der Waals surface area contributed by atoms with Crippen LogP contribution in [0.15, 0.2) is 42.5 Å². The van der Waals surface area contributed by atoms with Gasteiger partial charge >= 0.3 is 11.9 Å². The molecule has 1 atom stereocenters. The molecule has 0 saturated carbocycles. The van der Waals surface area contributed by atoms with Crippen LogP contribution in [0.2, 0.25) is 0 Å². The topological polar surface area (TPSA) is 92.7 Å². The lowest BCUT2D eigenvalue weighted by molar-refractivity contribution is -0.144. The van der Waals surface area contributed by atoms with Gasteiger partial charge in [0.05, 0.1) is 7.11 Å². The number of benzene rings is 1. The average molecular weight is 263 g/mol. The molecule has 1 aromatic carbocycles. The van der Waals surface area contributed by atoms with E-state index >= 15 is 0 Å². The van der Waals surface area contributed by atoms with E-state index in [1.165, 1.54) is 7.11 Å². The van der Waals surface area contributed by atoms with Crippen LogP contribution >= 0.6 is 0 Å². The van der Waals surface area contributed by atoms with Crippen LogP contribution in [-0.2, 0) is 19.1 Å². The number of nitrogens with one attached hydrogen (secondary N) is 1. The molecule has 0 bridgehead atoms. The van der Waals surface area contributed by atoms with Crippen LogP contribution < -0.4 is 5.32 Å². The number of hydrogen-bond acceptors (Lipinski definition) is 4. The Balaban J connectivity index is 2.85. The number of rotatable bonds is 5. The molecule has 0 spiro atoms. The van der Waals surface area contributed by atoms with Gasteiger partial charge in [0.25, 0.3) is 0 Å². The van der Waals surface area contributed by atoms with Crippen molar-refractivity contribution in [1.29, 1.82) is 0 Å². The highest BCUT2D eigenvalue weighted by Crippen LogP contribution is 2.13. The van der Waals surface area contributed by atoms with E-state index in [0.717, 1.165) is 6.08 Å². The highest BCUT2D eigenvalue weighted by Gasteiger charge is 2.22. The number of ether oxygens (including phenoxy) is 1. The van der Waals surface area contributed by atoms with Gasteiger partial charge in [-0.3, -0.25) is 4.79 Å². The summed E-state index contributed by atoms with van der Waals surface area (Å²) in [5.41, 5.74) is 0.548. The van der Waals surface area contributed by atoms with Crippen LogP contribution in [0.25, 0.3) is 0 Å². The number of carbonyl (C=O) groups is 3. The lowest BCUT2D eigenvalue weighted by atomic mass is 10.1. The maximum Gasteiger partial charge on any atom is 0.333 e. The van der Waals surface area contributed by atoms with Gasteiger partial charge in [0, 0.05) is 12.2 Å². The van der Waals surface area contributed by atoms with Crippen LogP contribution in [-0.4, -0.2) is 30.1 Å². The van der Waals surface area contributed by atoms with E-state index in [4.69, 9.17) is 5.11 Å². The first kappa shape index (κ1) is 14.4. The van der Waals surface area contributed by atoms with Gasteiger partial charge in [0.2, 0.25) is 5.91 Å². The van der Waals surface area contributed by atoms with Crippen LogP contribution in [0, 0.1) is 0 Å². The van der Waals surface area contributed by atoms with E-state index in [1.54, 1.807) is 30.3 Å². The van der Waals surface area contributed by atoms with Crippen molar-refractivity contribution in [2.24, 2.45) is 0 Å². The molecule has 6 heteroatoms. The molecule has 0 aliphatic rings. The predicted octanol–water partition coefficient (Wildman–Crippen LogP) is 0.658. The van der Waals surface area contributed by atoms with E-state index in [2.05, 4.69) is 10.1 Å². The summed E-state index contributed by atoms with van der Waals surface area (Å²) >= 11 is 0. The number of amides is 1. The molecular formula is C13H13NO5. The Morgan fingerprint density at radius 2 is 1.84 bits per heavy atom. The summed E-state index contributed by atoms with van der Waals surface area (Å²) < 4.78 is 4.60. The van der Waals surface area contributed by atoms with Gasteiger partial charge in [-0.2, -0.15) is 0 Å². The SMILES string of the molecule is COC(=O)C(NC(=O)/C=C/C(=O)O)c1ccccc1. The largest absolute Gasteiger partial charge is 0.478 e. The van der Waals surface area contributed by atoms with Crippen molar-refractivity contribution in [3.8, 4) is 0 Å². The third-order valence-electron chi connectivity index (χ3n) is 2.23. The molecule has 2 N–H and O–H groups in total. The summed E-state index contributed by atoms with van der Waals surface area (Å²) in [6, 6.07) is 7.53. The molecule has 1 amide bonds. The molecule has 19 heavy (non-hydrogen) atoms. The summed E-state index contributed by atoms with van der Waals surface area (Å²) in [7, 11) is 1.21. The molecule has 0 saturated heterocycles. The molecule has 0 fully saturated rings. The lowest BCUT2D eigenvalue weighted by Gasteiger charge is -2.15. The van der Waals surface area contributed by atoms with E-state index in [1.807, 2.05) is 0 Å². The maximum absolute atomic E-state index is 11.6. The molecule has 1 unspecified atom stereocenters. The molecule has 6 nitrogen and oxygen atoms in total. The Kier molecular flexibility index (Phi) is 5.28. The van der Waals surface area contributed by atoms with E-state index in [0.29, 0.717) is 11.6 Å². The zero-order valence-corrected chi connectivity index (χ0v) is 10.2. The van der Waals surface area contributed by atoms with Crippen molar-refractivity contribution in [3.63, 3.8) is 0 Å². The zero-order valence-electron chi connectivity index (χ0n) is 10.2. The Bertz CT molecular complexity index is 495. The van der Waals surface area contributed by atoms with Gasteiger partial charge in [-0.1, -0.05) is 30.3 Å². The van der Waals surface area contributed by atoms with Gasteiger partial charge < -0.3 is 15.2 Å². The second-order valence-corrected chi connectivity index (χ2v) is 3.55. The number of carboxylic acid groups (broad SMARTS) is 1. The maximum atomic E-state index is 11.6. The second kappa shape index (κ2) is 6.95. The van der Waals surface area contributed by atoms with E-state index in [-0.39, 0.29) is 0 Å². The van der Waals surface area contributed by atoms with Gasteiger partial charge in [-0.05, 0) is 5.56 Å². The van der Waals surface area contributed by atoms with Crippen LogP contribution in [0.1, 0.15) is 11.6 Å². The summed E-state index contributed by atoms with van der Waals surface area (Å²) in [5.74, 6) is -2.57. The predicted molar refractivity (Wildman–Crippen MR) is 66.1 cm³/mol. The monoisotopic (exact) mass is 263 g/mol. The highest BCUT2D eigenvalue weighted by molar-refractivity contribution is 5.96. The molecule has 0 heterocycles. The van der Waals surface area contributed by atoms with Crippen LogP contribution in [0.4, 0.5) is 0 Å². The molecule has 0 aromatic heterocycles. The Labute approximate surface area is 109 Å². The number of methoxy groups -OCH3 is 1. The van der Waals surface area contributed by atoms with Gasteiger partial charge in [-0.25, -0.2) is 9.59 Å². The first-order valence-corrected chi connectivity index (χ1v) is 5.39. The van der Waals surface area contributed by atoms with Crippen LogP contribution in [0.3, 0.4) is 0 Å². The average Bonchev–Trinajstić information content (AvgIpc) is 2.42. The molecule has 0 radical (unpaired) electrons. The first-order valence-electron chi connectivity index (χ1n) is 5.39. The second-order valence-electron chi connectivity index (χ2n) is 3.55. The summed E-state index contributed by atoms with van der Waals surface area (Å²) in [6.45, 7) is 0. The molecule has 0 aliphatic carbocycles. The number of carboxylic acids is 1. The molecule has 1 rings (SSSR count). The Hall–Kier alpha value is -2.63. The molecule has 0 aliphatic heterocycles. The van der Waals surface area contributed by atoms with Gasteiger partial charge in [0.1, 0.15) is 0 Å². The smallest absolute Gasteiger partial charge is 0.333 e. The van der Waals surface area contributed by atoms with Crippen molar-refractivity contribution in [1.82, 2.24) is 5.32 Å². The van der Waals surface area contributed by atoms with Crippen LogP contribution in [0.5, 0.6) is 0 Å². The van der Waals surface area contributed by atoms with Crippen molar-refractivity contribution in [2.45, 2.75) is 6.04 Å². The fourth-order valence-electron chi connectivity index (χ4n) is 1.38. The first-order chi connectivity index (χ1) is 9.04. The third-order valence-corrected chi connectivity index (χ3v) is 2.23. The van der Waals surface area contributed by atoms with Crippen molar-refractivity contribution >= 4 is 17.8 Å².